The van der Waals surface area contributed by atoms with E-state index in [4.69, 9.17) is 0 Å². The van der Waals surface area contributed by atoms with Crippen LogP contribution in [-0.4, -0.2) is 50.8 Å². The summed E-state index contributed by atoms with van der Waals surface area (Å²) in [5, 5.41) is 8.03. The molecule has 3 N–H and O–H groups in total. The molecule has 0 radical (unpaired) electrons. The van der Waals surface area contributed by atoms with Gasteiger partial charge in [-0.2, -0.15) is 4.31 Å². The van der Waals surface area contributed by atoms with Crippen LogP contribution in [0.2, 0.25) is 0 Å². The zero-order valence-electron chi connectivity index (χ0n) is 15.1. The molecule has 1 aliphatic rings. The number of hydrogen-bond acceptors (Lipinski definition) is 5. The Morgan fingerprint density at radius 3 is 2.42 bits per heavy atom. The van der Waals surface area contributed by atoms with Gasteiger partial charge in [0.2, 0.25) is 5.91 Å². The fraction of sp³-hybridized carbons (Fsp3) is 0.625. The molecule has 0 saturated carbocycles. The van der Waals surface area contributed by atoms with Crippen LogP contribution in [0.25, 0.3) is 0 Å². The van der Waals surface area contributed by atoms with Gasteiger partial charge in [0.15, 0.2) is 0 Å². The third kappa shape index (κ3) is 5.68. The van der Waals surface area contributed by atoms with E-state index in [-0.39, 0.29) is 24.4 Å². The van der Waals surface area contributed by atoms with Crippen molar-refractivity contribution in [3.8, 4) is 0 Å². The van der Waals surface area contributed by atoms with Gasteiger partial charge in [0.25, 0.3) is 10.0 Å². The number of urea groups is 1. The minimum absolute atomic E-state index is 0.0578. The summed E-state index contributed by atoms with van der Waals surface area (Å²) in [4.78, 5) is 23.9. The van der Waals surface area contributed by atoms with Crippen molar-refractivity contribution in [3.05, 3.63) is 17.0 Å². The molecule has 0 spiro atoms. The molecule has 0 aromatic carbocycles. The molecule has 8 nitrogen and oxygen atoms in total. The van der Waals surface area contributed by atoms with Crippen LogP contribution >= 0.6 is 11.3 Å². The molecule has 10 heteroatoms. The first-order valence-corrected chi connectivity index (χ1v) is 10.9. The van der Waals surface area contributed by atoms with E-state index < -0.39 is 10.0 Å². The second-order valence-corrected chi connectivity index (χ2v) is 9.72. The van der Waals surface area contributed by atoms with Crippen LogP contribution in [0.3, 0.4) is 0 Å². The van der Waals surface area contributed by atoms with Crippen molar-refractivity contribution in [3.63, 3.8) is 0 Å². The molecule has 1 fully saturated rings. The molecule has 0 unspecified atom stereocenters. The molecule has 0 aliphatic carbocycles. The number of nitrogens with zero attached hydrogens (tertiary/aromatic N) is 1. The van der Waals surface area contributed by atoms with Crippen molar-refractivity contribution >= 4 is 33.3 Å². The van der Waals surface area contributed by atoms with Gasteiger partial charge in [-0.1, -0.05) is 13.8 Å². The first kappa shape index (κ1) is 20.7. The lowest BCUT2D eigenvalue weighted by Crippen LogP contribution is -2.40. The van der Waals surface area contributed by atoms with Crippen LogP contribution in [0, 0.1) is 5.92 Å². The highest BCUT2D eigenvalue weighted by molar-refractivity contribution is 7.91. The molecule has 1 aromatic rings. The summed E-state index contributed by atoms with van der Waals surface area (Å²) in [5.74, 6) is -0.147. The Bertz CT molecular complexity index is 724. The number of rotatable bonds is 8. The molecule has 26 heavy (non-hydrogen) atoms. The van der Waals surface area contributed by atoms with Crippen molar-refractivity contribution in [1.82, 2.24) is 20.3 Å². The number of carbonyl (C=O) groups is 2. The Kier molecular flexibility index (Phi) is 7.42. The van der Waals surface area contributed by atoms with Gasteiger partial charge in [-0.15, -0.1) is 11.3 Å². The molecular formula is C16H26N4O4S2. The number of carbonyl (C=O) groups excluding carboxylic acids is 2. The Morgan fingerprint density at radius 2 is 1.77 bits per heavy atom. The van der Waals surface area contributed by atoms with E-state index in [9.17, 15) is 18.0 Å². The van der Waals surface area contributed by atoms with Crippen LogP contribution in [0.4, 0.5) is 4.79 Å². The highest BCUT2D eigenvalue weighted by Crippen LogP contribution is 2.27. The maximum Gasteiger partial charge on any atom is 0.315 e. The van der Waals surface area contributed by atoms with Crippen LogP contribution in [0.5, 0.6) is 0 Å². The van der Waals surface area contributed by atoms with Gasteiger partial charge in [0, 0.05) is 37.0 Å². The van der Waals surface area contributed by atoms with Crippen LogP contribution in [0.1, 0.15) is 31.6 Å². The molecule has 0 atom stereocenters. The monoisotopic (exact) mass is 402 g/mol. The fourth-order valence-electron chi connectivity index (χ4n) is 2.44. The van der Waals surface area contributed by atoms with E-state index in [1.165, 1.54) is 15.6 Å². The van der Waals surface area contributed by atoms with Gasteiger partial charge in [-0.3, -0.25) is 4.79 Å². The third-order valence-electron chi connectivity index (χ3n) is 3.95. The first-order chi connectivity index (χ1) is 12.3. The molecular weight excluding hydrogens is 376 g/mol. The van der Waals surface area contributed by atoms with Crippen LogP contribution < -0.4 is 16.0 Å². The standard InChI is InChI=1S/C16H26N4O4S2/c1-12(2)15(21)17-7-8-18-16(22)19-11-13-5-6-14(25-13)26(23,24)20-9-3-4-10-20/h5-6,12H,3-4,7-11H2,1-2H3,(H,17,21)(H2,18,19,22). The molecule has 3 amide bonds. The summed E-state index contributed by atoms with van der Waals surface area (Å²) in [6.07, 6.45) is 1.80. The van der Waals surface area contributed by atoms with Gasteiger partial charge in [-0.05, 0) is 25.0 Å². The Labute approximate surface area is 158 Å². The van der Waals surface area contributed by atoms with Crippen molar-refractivity contribution in [1.29, 1.82) is 0 Å². The minimum Gasteiger partial charge on any atom is -0.354 e. The van der Waals surface area contributed by atoms with Crippen LogP contribution in [-0.2, 0) is 21.4 Å². The van der Waals surface area contributed by atoms with E-state index in [2.05, 4.69) is 16.0 Å². The number of sulfonamides is 1. The fourth-order valence-corrected chi connectivity index (χ4v) is 5.41. The van der Waals surface area contributed by atoms with Crippen molar-refractivity contribution in [2.45, 2.75) is 37.4 Å². The van der Waals surface area contributed by atoms with E-state index in [0.717, 1.165) is 17.7 Å². The first-order valence-electron chi connectivity index (χ1n) is 8.69. The predicted molar refractivity (Wildman–Crippen MR) is 100 cm³/mol. The quantitative estimate of drug-likeness (QED) is 0.566. The number of nitrogens with one attached hydrogen (secondary N) is 3. The summed E-state index contributed by atoms with van der Waals surface area (Å²) >= 11 is 1.17. The average Bonchev–Trinajstić information content (AvgIpc) is 3.28. The lowest BCUT2D eigenvalue weighted by Gasteiger charge is -2.13. The average molecular weight is 403 g/mol. The minimum atomic E-state index is -3.41. The Hall–Kier alpha value is -1.65. The van der Waals surface area contributed by atoms with Gasteiger partial charge < -0.3 is 16.0 Å². The SMILES string of the molecule is CC(C)C(=O)NCCNC(=O)NCc1ccc(S(=O)(=O)N2CCCC2)s1. The molecule has 1 aliphatic heterocycles. The Morgan fingerprint density at radius 1 is 1.12 bits per heavy atom. The molecule has 0 bridgehead atoms. The topological polar surface area (TPSA) is 108 Å². The summed E-state index contributed by atoms with van der Waals surface area (Å²) < 4.78 is 26.8. The number of thiophene rings is 1. The molecule has 1 aromatic heterocycles. The Balaban J connectivity index is 1.74. The zero-order valence-corrected chi connectivity index (χ0v) is 16.7. The van der Waals surface area contributed by atoms with E-state index in [1.54, 1.807) is 26.0 Å². The smallest absolute Gasteiger partial charge is 0.315 e. The summed E-state index contributed by atoms with van der Waals surface area (Å²) in [7, 11) is -3.41. The van der Waals surface area contributed by atoms with Gasteiger partial charge in [0.1, 0.15) is 4.21 Å². The molecule has 146 valence electrons. The summed E-state index contributed by atoms with van der Waals surface area (Å²) in [6, 6.07) is 2.95. The van der Waals surface area contributed by atoms with Gasteiger partial charge >= 0.3 is 6.03 Å². The second-order valence-electron chi connectivity index (χ2n) is 6.39. The summed E-state index contributed by atoms with van der Waals surface area (Å²) in [6.45, 7) is 5.69. The summed E-state index contributed by atoms with van der Waals surface area (Å²) in [5.41, 5.74) is 0. The zero-order chi connectivity index (χ0) is 19.2. The van der Waals surface area contributed by atoms with E-state index in [1.807, 2.05) is 0 Å². The maximum absolute atomic E-state index is 12.5. The van der Waals surface area contributed by atoms with E-state index in [0.29, 0.717) is 30.4 Å². The largest absolute Gasteiger partial charge is 0.354 e. The second kappa shape index (κ2) is 9.33. The van der Waals surface area contributed by atoms with Crippen molar-refractivity contribution in [2.75, 3.05) is 26.2 Å². The lowest BCUT2D eigenvalue weighted by molar-refractivity contribution is -0.123. The van der Waals surface area contributed by atoms with Gasteiger partial charge in [0.05, 0.1) is 6.54 Å². The molecule has 2 rings (SSSR count). The normalized spacial score (nSPS) is 15.2. The molecule has 1 saturated heterocycles. The number of hydrogen-bond donors (Lipinski definition) is 3. The van der Waals surface area contributed by atoms with Crippen LogP contribution in [0.15, 0.2) is 16.3 Å². The van der Waals surface area contributed by atoms with Crippen molar-refractivity contribution < 1.29 is 18.0 Å². The van der Waals surface area contributed by atoms with E-state index >= 15 is 0 Å². The highest BCUT2D eigenvalue weighted by Gasteiger charge is 2.28. The predicted octanol–water partition coefficient (Wildman–Crippen LogP) is 1.10. The van der Waals surface area contributed by atoms with Gasteiger partial charge in [-0.25, -0.2) is 13.2 Å². The highest BCUT2D eigenvalue weighted by atomic mass is 32.2. The molecule has 2 heterocycles. The maximum atomic E-state index is 12.5. The third-order valence-corrected chi connectivity index (χ3v) is 7.40. The lowest BCUT2D eigenvalue weighted by atomic mass is 10.2. The number of amides is 3. The van der Waals surface area contributed by atoms with Crippen molar-refractivity contribution in [2.24, 2.45) is 5.92 Å².